The maximum atomic E-state index is 9.52. The van der Waals surface area contributed by atoms with Gasteiger partial charge in [0.15, 0.2) is 5.84 Å². The molecule has 1 aliphatic heterocycles. The monoisotopic (exact) mass is 314 g/mol. The van der Waals surface area contributed by atoms with Gasteiger partial charge in [0.1, 0.15) is 30.2 Å². The summed E-state index contributed by atoms with van der Waals surface area (Å²) in [6, 6.07) is 1.66. The molecule has 0 bridgehead atoms. The van der Waals surface area contributed by atoms with E-state index in [-0.39, 0.29) is 11.9 Å². The van der Waals surface area contributed by atoms with Gasteiger partial charge in [0.05, 0.1) is 12.1 Å². The highest BCUT2D eigenvalue weighted by Gasteiger charge is 2.21. The molecule has 0 spiro atoms. The van der Waals surface area contributed by atoms with Crippen molar-refractivity contribution in [3.8, 4) is 23.0 Å². The van der Waals surface area contributed by atoms with Gasteiger partial charge in [-0.1, -0.05) is 0 Å². The Kier molecular flexibility index (Phi) is 3.96. The minimum Gasteiger partial charge on any atom is -0.493 e. The second-order valence-corrected chi connectivity index (χ2v) is 5.44. The fourth-order valence-electron chi connectivity index (χ4n) is 2.40. The molecule has 0 saturated heterocycles. The number of fused-ring (bicyclic) bond motifs is 3. The quantitative estimate of drug-likeness (QED) is 0.586. The molecular formula is C15H18N6O2. The Bertz CT molecular complexity index is 765. The van der Waals surface area contributed by atoms with Crippen molar-refractivity contribution in [1.82, 2.24) is 19.9 Å². The second kappa shape index (κ2) is 6.07. The molecule has 3 N–H and O–H groups in total. The van der Waals surface area contributed by atoms with E-state index in [0.717, 1.165) is 6.34 Å². The lowest BCUT2D eigenvalue weighted by Crippen LogP contribution is -2.31. The number of aliphatic imine (C=N–C) groups is 1. The predicted molar refractivity (Wildman–Crippen MR) is 86.2 cm³/mol. The number of nitrogens with one attached hydrogen (secondary N) is 2. The normalized spacial score (nSPS) is 13.8. The molecule has 8 nitrogen and oxygen atoms in total. The molecule has 0 amide bonds. The van der Waals surface area contributed by atoms with Crippen LogP contribution >= 0.6 is 0 Å². The van der Waals surface area contributed by atoms with Crippen LogP contribution in [0.1, 0.15) is 19.5 Å². The van der Waals surface area contributed by atoms with E-state index < -0.39 is 0 Å². The molecule has 1 aliphatic rings. The third-order valence-electron chi connectivity index (χ3n) is 3.32. The highest BCUT2D eigenvalue weighted by atomic mass is 16.5. The van der Waals surface area contributed by atoms with E-state index in [0.29, 0.717) is 41.8 Å². The number of aromatic hydroxyl groups is 1. The van der Waals surface area contributed by atoms with Gasteiger partial charge in [-0.2, -0.15) is 0 Å². The average molecular weight is 314 g/mol. The summed E-state index contributed by atoms with van der Waals surface area (Å²) in [5.41, 5.74) is 1.36. The van der Waals surface area contributed by atoms with Crippen molar-refractivity contribution in [2.75, 3.05) is 6.61 Å². The molecule has 0 atom stereocenters. The first-order valence-corrected chi connectivity index (χ1v) is 7.31. The van der Waals surface area contributed by atoms with Crippen molar-refractivity contribution in [3.63, 3.8) is 0 Å². The minimum absolute atomic E-state index is 0.0866. The van der Waals surface area contributed by atoms with E-state index in [1.807, 2.05) is 24.6 Å². The average Bonchev–Trinajstić information content (AvgIpc) is 2.83. The number of amidine groups is 1. The van der Waals surface area contributed by atoms with E-state index in [1.165, 1.54) is 6.07 Å². The van der Waals surface area contributed by atoms with Crippen LogP contribution in [0.3, 0.4) is 0 Å². The standard InChI is InChI=1S/C15H18N6O2/c1-9(2)19-14(18-8-16)11-7-21-3-4-23-12-5-13(22)17-6-10(12)15(21)20-11/h5-9H,3-4H2,1-2H3,(H,17,22)(H2,16,18,19). The van der Waals surface area contributed by atoms with Crippen LogP contribution in [0.25, 0.3) is 11.4 Å². The van der Waals surface area contributed by atoms with E-state index in [4.69, 9.17) is 10.1 Å². The van der Waals surface area contributed by atoms with E-state index in [2.05, 4.69) is 20.3 Å². The lowest BCUT2D eigenvalue weighted by molar-refractivity contribution is 0.304. The number of ether oxygens (including phenoxy) is 1. The molecule has 0 radical (unpaired) electrons. The maximum absolute atomic E-state index is 9.52. The van der Waals surface area contributed by atoms with Gasteiger partial charge < -0.3 is 19.7 Å². The van der Waals surface area contributed by atoms with Crippen molar-refractivity contribution in [2.24, 2.45) is 4.99 Å². The molecule has 0 saturated carbocycles. The molecule has 8 heteroatoms. The first-order chi connectivity index (χ1) is 11.1. The van der Waals surface area contributed by atoms with Crippen molar-refractivity contribution in [2.45, 2.75) is 26.4 Å². The number of imidazole rings is 1. The topological polar surface area (TPSA) is 108 Å². The molecule has 2 aromatic rings. The van der Waals surface area contributed by atoms with Gasteiger partial charge in [0, 0.05) is 24.5 Å². The van der Waals surface area contributed by atoms with Crippen LogP contribution in [0.4, 0.5) is 0 Å². The van der Waals surface area contributed by atoms with Gasteiger partial charge in [-0.05, 0) is 13.8 Å². The predicted octanol–water partition coefficient (Wildman–Crippen LogP) is 1.39. The number of hydrogen-bond donors (Lipinski definition) is 3. The first kappa shape index (κ1) is 15.0. The SMILES string of the molecule is CC(C)N/C(=N\C=N)c1cn2c(n1)-c1cnc(O)cc1OCC2. The Morgan fingerprint density at radius 1 is 1.57 bits per heavy atom. The van der Waals surface area contributed by atoms with Gasteiger partial charge >= 0.3 is 0 Å². The second-order valence-electron chi connectivity index (χ2n) is 5.44. The van der Waals surface area contributed by atoms with Crippen molar-refractivity contribution < 1.29 is 9.84 Å². The molecule has 0 fully saturated rings. The van der Waals surface area contributed by atoms with Gasteiger partial charge in [0.2, 0.25) is 5.88 Å². The van der Waals surface area contributed by atoms with Crippen molar-refractivity contribution >= 4 is 12.2 Å². The Morgan fingerprint density at radius 2 is 2.39 bits per heavy atom. The lowest BCUT2D eigenvalue weighted by atomic mass is 10.2. The molecular weight excluding hydrogens is 296 g/mol. The van der Waals surface area contributed by atoms with Crippen LogP contribution in [-0.4, -0.2) is 44.5 Å². The molecule has 3 heterocycles. The Hall–Kier alpha value is -2.90. The largest absolute Gasteiger partial charge is 0.493 e. The first-order valence-electron chi connectivity index (χ1n) is 7.31. The summed E-state index contributed by atoms with van der Waals surface area (Å²) in [6.07, 6.45) is 4.41. The number of pyridine rings is 1. The molecule has 3 rings (SSSR count). The summed E-state index contributed by atoms with van der Waals surface area (Å²) >= 11 is 0. The molecule has 23 heavy (non-hydrogen) atoms. The van der Waals surface area contributed by atoms with Crippen LogP contribution in [-0.2, 0) is 6.54 Å². The molecule has 0 unspecified atom stereocenters. The molecule has 0 aromatic carbocycles. The smallest absolute Gasteiger partial charge is 0.214 e. The molecule has 2 aromatic heterocycles. The number of rotatable bonds is 3. The van der Waals surface area contributed by atoms with Crippen molar-refractivity contribution in [1.29, 1.82) is 5.41 Å². The van der Waals surface area contributed by atoms with Gasteiger partial charge in [0.25, 0.3) is 0 Å². The van der Waals surface area contributed by atoms with Crippen molar-refractivity contribution in [3.05, 3.63) is 24.2 Å². The summed E-state index contributed by atoms with van der Waals surface area (Å²) in [5.74, 6) is 1.71. The zero-order valence-corrected chi connectivity index (χ0v) is 12.9. The van der Waals surface area contributed by atoms with E-state index in [1.54, 1.807) is 6.20 Å². The maximum Gasteiger partial charge on any atom is 0.214 e. The Morgan fingerprint density at radius 3 is 3.13 bits per heavy atom. The van der Waals surface area contributed by atoms with E-state index in [9.17, 15) is 5.11 Å². The van der Waals surface area contributed by atoms with Crippen LogP contribution in [0.15, 0.2) is 23.5 Å². The summed E-state index contributed by atoms with van der Waals surface area (Å²) < 4.78 is 7.60. The zero-order chi connectivity index (χ0) is 16.4. The number of nitrogens with zero attached hydrogens (tertiary/aromatic N) is 4. The van der Waals surface area contributed by atoms with E-state index >= 15 is 0 Å². The third kappa shape index (κ3) is 3.01. The Labute approximate surface area is 133 Å². The summed E-state index contributed by atoms with van der Waals surface area (Å²) in [5, 5.41) is 19.9. The molecule has 0 aliphatic carbocycles. The van der Waals surface area contributed by atoms with Crippen LogP contribution in [0.5, 0.6) is 11.6 Å². The highest BCUT2D eigenvalue weighted by molar-refractivity contribution is 6.01. The summed E-state index contributed by atoms with van der Waals surface area (Å²) in [6.45, 7) is 5.08. The zero-order valence-electron chi connectivity index (χ0n) is 12.9. The fourth-order valence-corrected chi connectivity index (χ4v) is 2.40. The van der Waals surface area contributed by atoms with Gasteiger partial charge in [-0.3, -0.25) is 5.41 Å². The molecule has 120 valence electrons. The van der Waals surface area contributed by atoms with Crippen LogP contribution < -0.4 is 10.1 Å². The van der Waals surface area contributed by atoms with Gasteiger partial charge in [-0.25, -0.2) is 15.0 Å². The van der Waals surface area contributed by atoms with Crippen LogP contribution in [0, 0.1) is 5.41 Å². The fraction of sp³-hybridized carbons (Fsp3) is 0.333. The van der Waals surface area contributed by atoms with Gasteiger partial charge in [-0.15, -0.1) is 0 Å². The summed E-state index contributed by atoms with van der Waals surface area (Å²) in [4.78, 5) is 12.6. The van der Waals surface area contributed by atoms with Crippen LogP contribution in [0.2, 0.25) is 0 Å². The number of hydrogen-bond acceptors (Lipinski definition) is 5. The summed E-state index contributed by atoms with van der Waals surface area (Å²) in [7, 11) is 0. The number of aromatic nitrogens is 3. The third-order valence-corrected chi connectivity index (χ3v) is 3.32. The lowest BCUT2D eigenvalue weighted by Gasteiger charge is -2.10. The highest BCUT2D eigenvalue weighted by Crippen LogP contribution is 2.33. The Balaban J connectivity index is 2.07. The minimum atomic E-state index is -0.0866.